The van der Waals surface area contributed by atoms with E-state index in [2.05, 4.69) is 0 Å². The van der Waals surface area contributed by atoms with Gasteiger partial charge in [0.2, 0.25) is 0 Å². The molecule has 0 saturated heterocycles. The molecule has 0 radical (unpaired) electrons. The number of rotatable bonds is 6. The lowest BCUT2D eigenvalue weighted by atomic mass is 9.80. The summed E-state index contributed by atoms with van der Waals surface area (Å²) in [6.45, 7) is 8.65. The zero-order valence-corrected chi connectivity index (χ0v) is 19.3. The van der Waals surface area contributed by atoms with E-state index in [1.165, 1.54) is 14.2 Å². The van der Waals surface area contributed by atoms with E-state index >= 15 is 0 Å². The van der Waals surface area contributed by atoms with Crippen molar-refractivity contribution < 1.29 is 28.6 Å². The molecule has 1 aromatic rings. The number of carbonyl (C=O) groups is 3. The lowest BCUT2D eigenvalue weighted by molar-refractivity contribution is -0.156. The Bertz CT molecular complexity index is 868. The molecule has 7 heteroatoms. The Hall–Kier alpha value is -3.09. The quantitative estimate of drug-likeness (QED) is 0.505. The predicted octanol–water partition coefficient (Wildman–Crippen LogP) is 3.60. The first-order valence-corrected chi connectivity index (χ1v) is 10.1. The Labute approximate surface area is 183 Å². The van der Waals surface area contributed by atoms with E-state index < -0.39 is 29.2 Å². The minimum absolute atomic E-state index is 0.132. The zero-order chi connectivity index (χ0) is 23.3. The van der Waals surface area contributed by atoms with E-state index in [0.717, 1.165) is 5.56 Å². The smallest absolute Gasteiger partial charge is 0.336 e. The van der Waals surface area contributed by atoms with Crippen LogP contribution >= 0.6 is 0 Å². The van der Waals surface area contributed by atoms with Gasteiger partial charge >= 0.3 is 17.9 Å². The molecular formula is C24H31NO6. The molecule has 0 N–H and O–H groups in total. The van der Waals surface area contributed by atoms with Crippen molar-refractivity contribution in [3.63, 3.8) is 0 Å². The van der Waals surface area contributed by atoms with E-state index in [1.807, 2.05) is 30.3 Å². The molecule has 0 aliphatic carbocycles. The first kappa shape index (κ1) is 24.2. The lowest BCUT2D eigenvalue weighted by Gasteiger charge is -2.37. The summed E-state index contributed by atoms with van der Waals surface area (Å²) >= 11 is 0. The summed E-state index contributed by atoms with van der Waals surface area (Å²) in [5, 5.41) is 0. The van der Waals surface area contributed by atoms with Crippen LogP contribution in [0.3, 0.4) is 0 Å². The summed E-state index contributed by atoms with van der Waals surface area (Å²) in [4.78, 5) is 39.5. The van der Waals surface area contributed by atoms with Crippen LogP contribution in [0.5, 0.6) is 0 Å². The van der Waals surface area contributed by atoms with Gasteiger partial charge in [0, 0.05) is 17.3 Å². The van der Waals surface area contributed by atoms with Crippen molar-refractivity contribution in [2.45, 2.75) is 41.0 Å². The highest BCUT2D eigenvalue weighted by Gasteiger charge is 2.39. The summed E-state index contributed by atoms with van der Waals surface area (Å²) in [5.41, 5.74) is 2.09. The third-order valence-electron chi connectivity index (χ3n) is 5.32. The third-order valence-corrected chi connectivity index (χ3v) is 5.32. The molecular weight excluding hydrogens is 398 g/mol. The highest BCUT2D eigenvalue weighted by molar-refractivity contribution is 5.97. The maximum absolute atomic E-state index is 12.8. The van der Waals surface area contributed by atoms with E-state index in [1.54, 1.807) is 39.5 Å². The van der Waals surface area contributed by atoms with Gasteiger partial charge in [-0.15, -0.1) is 0 Å². The van der Waals surface area contributed by atoms with E-state index in [0.29, 0.717) is 29.0 Å². The van der Waals surface area contributed by atoms with E-state index in [9.17, 15) is 14.4 Å². The van der Waals surface area contributed by atoms with Crippen molar-refractivity contribution in [3.8, 4) is 0 Å². The molecule has 0 atom stereocenters. The molecule has 1 aliphatic rings. The van der Waals surface area contributed by atoms with Gasteiger partial charge in [-0.1, -0.05) is 30.3 Å². The van der Waals surface area contributed by atoms with Crippen molar-refractivity contribution in [2.24, 2.45) is 11.3 Å². The van der Waals surface area contributed by atoms with Crippen LogP contribution in [0.2, 0.25) is 0 Å². The molecule has 0 unspecified atom stereocenters. The standard InChI is InChI=1S/C24H31NO6/c1-15-19(21(26)29-6)18(13-17-11-9-8-10-12-17)20(22(27)30-7)16(2)25(15)14-31-23(28)24(3,4)5/h8-12,18H,13-14H2,1-7H3. The van der Waals surface area contributed by atoms with Crippen molar-refractivity contribution in [2.75, 3.05) is 21.0 Å². The van der Waals surface area contributed by atoms with Crippen molar-refractivity contribution in [3.05, 3.63) is 58.4 Å². The second-order valence-electron chi connectivity index (χ2n) is 8.46. The summed E-state index contributed by atoms with van der Waals surface area (Å²) < 4.78 is 15.6. The number of hydrogen-bond donors (Lipinski definition) is 0. The molecule has 0 spiro atoms. The van der Waals surface area contributed by atoms with Crippen LogP contribution < -0.4 is 0 Å². The monoisotopic (exact) mass is 429 g/mol. The summed E-state index contributed by atoms with van der Waals surface area (Å²) in [6, 6.07) is 9.58. The van der Waals surface area contributed by atoms with Gasteiger partial charge in [-0.05, 0) is 46.6 Å². The van der Waals surface area contributed by atoms with Gasteiger partial charge in [-0.2, -0.15) is 0 Å². The molecule has 0 amide bonds. The molecule has 2 rings (SSSR count). The molecule has 0 fully saturated rings. The molecule has 1 aliphatic heterocycles. The number of esters is 3. The Kier molecular flexibility index (Phi) is 7.65. The van der Waals surface area contributed by atoms with Gasteiger partial charge in [0.1, 0.15) is 0 Å². The third kappa shape index (κ3) is 5.34. The Morgan fingerprint density at radius 1 is 0.903 bits per heavy atom. The molecule has 1 heterocycles. The number of carbonyl (C=O) groups excluding carboxylic acids is 3. The van der Waals surface area contributed by atoms with Crippen LogP contribution in [0.15, 0.2) is 52.9 Å². The van der Waals surface area contributed by atoms with Gasteiger partial charge in [0.15, 0.2) is 6.73 Å². The normalized spacial score (nSPS) is 15.1. The van der Waals surface area contributed by atoms with Crippen LogP contribution in [0.4, 0.5) is 0 Å². The van der Waals surface area contributed by atoms with Gasteiger partial charge in [-0.25, -0.2) is 9.59 Å². The topological polar surface area (TPSA) is 82.1 Å². The minimum atomic E-state index is -0.683. The van der Waals surface area contributed by atoms with Gasteiger partial charge in [0.25, 0.3) is 0 Å². The number of allylic oxidation sites excluding steroid dienone is 2. The van der Waals surface area contributed by atoms with Crippen LogP contribution in [0.1, 0.15) is 40.2 Å². The highest BCUT2D eigenvalue weighted by atomic mass is 16.5. The highest BCUT2D eigenvalue weighted by Crippen LogP contribution is 2.38. The predicted molar refractivity (Wildman–Crippen MR) is 115 cm³/mol. The Balaban J connectivity index is 2.56. The molecule has 0 aromatic heterocycles. The van der Waals surface area contributed by atoms with E-state index in [4.69, 9.17) is 14.2 Å². The fraction of sp³-hybridized carbons (Fsp3) is 0.458. The van der Waals surface area contributed by atoms with Gasteiger partial charge in [-0.3, -0.25) is 4.79 Å². The molecule has 7 nitrogen and oxygen atoms in total. The number of ether oxygens (including phenoxy) is 3. The lowest BCUT2D eigenvalue weighted by Crippen LogP contribution is -2.39. The first-order chi connectivity index (χ1) is 14.5. The summed E-state index contributed by atoms with van der Waals surface area (Å²) in [6.07, 6.45) is 0.417. The second-order valence-corrected chi connectivity index (χ2v) is 8.46. The fourth-order valence-corrected chi connectivity index (χ4v) is 3.58. The summed E-state index contributed by atoms with van der Waals surface area (Å²) in [7, 11) is 2.60. The average molecular weight is 430 g/mol. The molecule has 0 bridgehead atoms. The number of methoxy groups -OCH3 is 2. The van der Waals surface area contributed by atoms with Crippen molar-refractivity contribution in [1.29, 1.82) is 0 Å². The number of hydrogen-bond acceptors (Lipinski definition) is 7. The maximum Gasteiger partial charge on any atom is 0.336 e. The van der Waals surface area contributed by atoms with Crippen LogP contribution in [0, 0.1) is 11.3 Å². The zero-order valence-electron chi connectivity index (χ0n) is 19.3. The van der Waals surface area contributed by atoms with E-state index in [-0.39, 0.29) is 6.73 Å². The fourth-order valence-electron chi connectivity index (χ4n) is 3.58. The summed E-state index contributed by atoms with van der Waals surface area (Å²) in [5.74, 6) is -2.03. The number of nitrogens with zero attached hydrogens (tertiary/aromatic N) is 1. The van der Waals surface area contributed by atoms with Gasteiger partial charge in [0.05, 0.1) is 30.8 Å². The van der Waals surface area contributed by atoms with Crippen molar-refractivity contribution >= 4 is 17.9 Å². The maximum atomic E-state index is 12.8. The Morgan fingerprint density at radius 3 is 1.81 bits per heavy atom. The molecule has 0 saturated carbocycles. The first-order valence-electron chi connectivity index (χ1n) is 10.1. The molecule has 1 aromatic carbocycles. The number of benzene rings is 1. The largest absolute Gasteiger partial charge is 0.466 e. The van der Waals surface area contributed by atoms with Crippen LogP contribution in [0.25, 0.3) is 0 Å². The van der Waals surface area contributed by atoms with Crippen LogP contribution in [-0.4, -0.2) is 43.8 Å². The molecule has 31 heavy (non-hydrogen) atoms. The Morgan fingerprint density at radius 2 is 1.39 bits per heavy atom. The van der Waals surface area contributed by atoms with Gasteiger partial charge < -0.3 is 19.1 Å². The van der Waals surface area contributed by atoms with Crippen LogP contribution in [-0.2, 0) is 35.0 Å². The second kappa shape index (κ2) is 9.81. The molecule has 168 valence electrons. The minimum Gasteiger partial charge on any atom is -0.466 e. The average Bonchev–Trinajstić information content (AvgIpc) is 2.72. The van der Waals surface area contributed by atoms with Crippen molar-refractivity contribution in [1.82, 2.24) is 4.90 Å². The SMILES string of the molecule is COC(=O)C1=C(C)N(COC(=O)C(C)(C)C)C(C)=C(C(=O)OC)C1Cc1ccccc1.